The highest BCUT2D eigenvalue weighted by molar-refractivity contribution is 7.99. The Kier molecular flexibility index (Phi) is 6.05. The number of sulfonamides is 1. The number of alkyl halides is 3. The minimum atomic E-state index is -4.31. The quantitative estimate of drug-likeness (QED) is 0.563. The maximum atomic E-state index is 14.3. The molecule has 25 heavy (non-hydrogen) atoms. The summed E-state index contributed by atoms with van der Waals surface area (Å²) in [6, 6.07) is 2.61. The van der Waals surface area contributed by atoms with Crippen molar-refractivity contribution in [3.8, 4) is 0 Å². The van der Waals surface area contributed by atoms with Crippen molar-refractivity contribution < 1.29 is 26.0 Å². The number of anilines is 1. The minimum Gasteiger partial charge on any atom is -0.366 e. The summed E-state index contributed by atoms with van der Waals surface area (Å²) in [6.07, 6.45) is -4.31. The van der Waals surface area contributed by atoms with Crippen molar-refractivity contribution in [2.45, 2.75) is 18.0 Å². The predicted octanol–water partition coefficient (Wildman–Crippen LogP) is 3.38. The summed E-state index contributed by atoms with van der Waals surface area (Å²) in [6.45, 7) is 5.63. The van der Waals surface area contributed by atoms with E-state index in [2.05, 4.69) is 6.58 Å². The summed E-state index contributed by atoms with van der Waals surface area (Å²) in [5.41, 5.74) is 0.620. The zero-order valence-electron chi connectivity index (χ0n) is 13.5. The van der Waals surface area contributed by atoms with E-state index in [1.165, 1.54) is 16.4 Å². The average Bonchev–Trinajstić information content (AvgIpc) is 2.53. The fourth-order valence-electron chi connectivity index (χ4n) is 2.49. The lowest BCUT2D eigenvalue weighted by Crippen LogP contribution is -2.48. The smallest absolute Gasteiger partial charge is 0.366 e. The van der Waals surface area contributed by atoms with Gasteiger partial charge in [-0.2, -0.15) is 17.5 Å². The van der Waals surface area contributed by atoms with E-state index < -0.39 is 27.8 Å². The molecular formula is C15H18F4N2O2S2. The maximum Gasteiger partial charge on any atom is 0.398 e. The van der Waals surface area contributed by atoms with Crippen molar-refractivity contribution in [2.75, 3.05) is 36.8 Å². The number of hydrogen-bond acceptors (Lipinski definition) is 4. The lowest BCUT2D eigenvalue weighted by atomic mass is 10.2. The van der Waals surface area contributed by atoms with Gasteiger partial charge in [0.1, 0.15) is 5.82 Å². The van der Waals surface area contributed by atoms with Crippen molar-refractivity contribution in [2.24, 2.45) is 0 Å². The van der Waals surface area contributed by atoms with Gasteiger partial charge in [-0.25, -0.2) is 12.8 Å². The summed E-state index contributed by atoms with van der Waals surface area (Å²) >= 11 is 0.611. The van der Waals surface area contributed by atoms with Gasteiger partial charge < -0.3 is 4.90 Å². The Morgan fingerprint density at radius 2 is 1.84 bits per heavy atom. The average molecular weight is 398 g/mol. The Labute approximate surface area is 148 Å². The van der Waals surface area contributed by atoms with E-state index in [0.717, 1.165) is 5.41 Å². The van der Waals surface area contributed by atoms with E-state index in [-0.39, 0.29) is 31.9 Å². The lowest BCUT2D eigenvalue weighted by Gasteiger charge is -2.35. The molecule has 4 nitrogen and oxygen atoms in total. The Morgan fingerprint density at radius 1 is 1.24 bits per heavy atom. The third kappa shape index (κ3) is 5.11. The van der Waals surface area contributed by atoms with Crippen LogP contribution in [0.15, 0.2) is 29.0 Å². The number of halogens is 4. The van der Waals surface area contributed by atoms with Crippen LogP contribution in [0.5, 0.6) is 0 Å². The molecule has 0 N–H and O–H groups in total. The van der Waals surface area contributed by atoms with Crippen molar-refractivity contribution in [1.82, 2.24) is 4.31 Å². The van der Waals surface area contributed by atoms with E-state index in [9.17, 15) is 26.0 Å². The SMILES string of the molecule is C=CS(=O)(=O)N1CCN(c2cc(SCC(F)(F)F)c(C)cc2F)CC1. The molecule has 140 valence electrons. The predicted molar refractivity (Wildman–Crippen MR) is 90.8 cm³/mol. The van der Waals surface area contributed by atoms with Gasteiger partial charge in [0.2, 0.25) is 10.0 Å². The Balaban J connectivity index is 2.16. The Morgan fingerprint density at radius 3 is 2.36 bits per heavy atom. The van der Waals surface area contributed by atoms with Crippen molar-refractivity contribution >= 4 is 27.5 Å². The van der Waals surface area contributed by atoms with E-state index >= 15 is 0 Å². The van der Waals surface area contributed by atoms with Gasteiger partial charge in [0.15, 0.2) is 0 Å². The highest BCUT2D eigenvalue weighted by Crippen LogP contribution is 2.34. The second kappa shape index (κ2) is 7.55. The van der Waals surface area contributed by atoms with E-state index in [1.807, 2.05) is 0 Å². The topological polar surface area (TPSA) is 40.6 Å². The van der Waals surface area contributed by atoms with Crippen LogP contribution < -0.4 is 4.90 Å². The summed E-state index contributed by atoms with van der Waals surface area (Å²) in [7, 11) is -3.53. The molecule has 0 aromatic heterocycles. The fraction of sp³-hybridized carbons (Fsp3) is 0.467. The van der Waals surface area contributed by atoms with E-state index in [4.69, 9.17) is 0 Å². The largest absolute Gasteiger partial charge is 0.398 e. The summed E-state index contributed by atoms with van der Waals surface area (Å²) in [5, 5.41) is 0.862. The number of piperazine rings is 1. The molecule has 1 aromatic rings. The number of nitrogens with zero attached hydrogens (tertiary/aromatic N) is 2. The van der Waals surface area contributed by atoms with Gasteiger partial charge in [0.05, 0.1) is 11.4 Å². The molecule has 0 radical (unpaired) electrons. The molecule has 2 rings (SSSR count). The van der Waals surface area contributed by atoms with Crippen LogP contribution in [0.25, 0.3) is 0 Å². The highest BCUT2D eigenvalue weighted by Gasteiger charge is 2.29. The number of rotatable bonds is 5. The molecule has 0 saturated carbocycles. The Bertz CT molecular complexity index is 743. The van der Waals surface area contributed by atoms with Gasteiger partial charge in [-0.3, -0.25) is 0 Å². The molecule has 1 aliphatic heterocycles. The van der Waals surface area contributed by atoms with Crippen LogP contribution in [-0.4, -0.2) is 50.8 Å². The molecule has 0 spiro atoms. The van der Waals surface area contributed by atoms with Crippen LogP contribution in [0.2, 0.25) is 0 Å². The molecule has 1 saturated heterocycles. The van der Waals surface area contributed by atoms with Gasteiger partial charge in [0.25, 0.3) is 0 Å². The van der Waals surface area contributed by atoms with Gasteiger partial charge in [-0.15, -0.1) is 11.8 Å². The van der Waals surface area contributed by atoms with E-state index in [0.29, 0.717) is 22.2 Å². The zero-order valence-corrected chi connectivity index (χ0v) is 15.1. The minimum absolute atomic E-state index is 0.159. The van der Waals surface area contributed by atoms with Crippen LogP contribution in [0, 0.1) is 12.7 Å². The second-order valence-corrected chi connectivity index (χ2v) is 8.47. The van der Waals surface area contributed by atoms with Crippen LogP contribution in [0.4, 0.5) is 23.2 Å². The molecule has 10 heteroatoms. The first kappa shape index (κ1) is 20.1. The van der Waals surface area contributed by atoms with Gasteiger partial charge in [-0.1, -0.05) is 6.58 Å². The molecule has 0 bridgehead atoms. The van der Waals surface area contributed by atoms with Crippen molar-refractivity contribution in [3.63, 3.8) is 0 Å². The second-order valence-electron chi connectivity index (χ2n) is 5.57. The summed E-state index contributed by atoms with van der Waals surface area (Å²) < 4.78 is 76.3. The van der Waals surface area contributed by atoms with Crippen molar-refractivity contribution in [1.29, 1.82) is 0 Å². The first-order chi connectivity index (χ1) is 11.5. The molecule has 1 fully saturated rings. The van der Waals surface area contributed by atoms with Crippen LogP contribution >= 0.6 is 11.8 Å². The number of benzene rings is 1. The number of aryl methyl sites for hydroxylation is 1. The molecule has 1 heterocycles. The van der Waals surface area contributed by atoms with Crippen LogP contribution in [-0.2, 0) is 10.0 Å². The van der Waals surface area contributed by atoms with Crippen LogP contribution in [0.1, 0.15) is 5.56 Å². The number of thioether (sulfide) groups is 1. The summed E-state index contributed by atoms with van der Waals surface area (Å²) in [5.74, 6) is -1.58. The molecule has 0 amide bonds. The molecule has 1 aliphatic rings. The lowest BCUT2D eigenvalue weighted by molar-refractivity contribution is -0.105. The molecule has 1 aromatic carbocycles. The first-order valence-corrected chi connectivity index (χ1v) is 9.89. The van der Waals surface area contributed by atoms with E-state index in [1.54, 1.807) is 11.8 Å². The Hall–Kier alpha value is -1.26. The normalized spacial score (nSPS) is 16.9. The third-order valence-electron chi connectivity index (χ3n) is 3.79. The number of hydrogen-bond donors (Lipinski definition) is 0. The van der Waals surface area contributed by atoms with Gasteiger partial charge in [-0.05, 0) is 24.6 Å². The highest BCUT2D eigenvalue weighted by atomic mass is 32.2. The molecule has 0 atom stereocenters. The summed E-state index contributed by atoms with van der Waals surface area (Å²) in [4.78, 5) is 2.00. The van der Waals surface area contributed by atoms with Crippen LogP contribution in [0.3, 0.4) is 0 Å². The monoisotopic (exact) mass is 398 g/mol. The van der Waals surface area contributed by atoms with Crippen molar-refractivity contribution in [3.05, 3.63) is 35.5 Å². The molecule has 0 unspecified atom stereocenters. The molecule has 0 aliphatic carbocycles. The maximum absolute atomic E-state index is 14.3. The van der Waals surface area contributed by atoms with Gasteiger partial charge >= 0.3 is 6.18 Å². The standard InChI is InChI=1S/C15H18F4N2O2S2/c1-3-25(22,23)21-6-4-20(5-7-21)13-9-14(11(2)8-12(13)16)24-10-15(17,18)19/h3,8-9H,1,4-7,10H2,2H3. The third-order valence-corrected chi connectivity index (χ3v) is 6.51. The zero-order chi connectivity index (χ0) is 18.8. The fourth-order valence-corrected chi connectivity index (χ4v) is 4.17. The molecular weight excluding hydrogens is 380 g/mol. The van der Waals surface area contributed by atoms with Gasteiger partial charge in [0, 0.05) is 36.5 Å². The first-order valence-electron chi connectivity index (χ1n) is 7.41.